The molecule has 0 aliphatic heterocycles. The average molecular weight is 487 g/mol. The number of carbonyl (C=O) groups excluding carboxylic acids is 1. The first kappa shape index (κ1) is 20.9. The Morgan fingerprint density at radius 2 is 1.25 bits per heavy atom. The number of rotatable bonds is 5. The SMILES string of the molecule is CC12CC([Se]c3ccccc3)(C(=O)O)C(C)(C1=O)C(c1ccccc1)=C2c1ccccc1. The van der Waals surface area contributed by atoms with Gasteiger partial charge in [0.05, 0.1) is 0 Å². The van der Waals surface area contributed by atoms with Gasteiger partial charge in [-0.05, 0) is 0 Å². The van der Waals surface area contributed by atoms with Crippen molar-refractivity contribution in [3.8, 4) is 0 Å². The van der Waals surface area contributed by atoms with Gasteiger partial charge in [-0.2, -0.15) is 0 Å². The van der Waals surface area contributed by atoms with Crippen molar-refractivity contribution in [2.45, 2.75) is 24.6 Å². The van der Waals surface area contributed by atoms with Crippen LogP contribution in [-0.2, 0) is 9.59 Å². The van der Waals surface area contributed by atoms with Crippen LogP contribution in [0.2, 0.25) is 4.31 Å². The first-order chi connectivity index (χ1) is 15.3. The topological polar surface area (TPSA) is 54.4 Å². The molecule has 3 aromatic carbocycles. The van der Waals surface area contributed by atoms with Gasteiger partial charge in [-0.3, -0.25) is 0 Å². The summed E-state index contributed by atoms with van der Waals surface area (Å²) < 4.78 is -0.155. The summed E-state index contributed by atoms with van der Waals surface area (Å²) in [5.41, 5.74) is 1.82. The maximum absolute atomic E-state index is 14.2. The van der Waals surface area contributed by atoms with Crippen LogP contribution in [0.3, 0.4) is 0 Å². The number of hydrogen-bond donors (Lipinski definition) is 1. The number of carboxylic acids is 1. The van der Waals surface area contributed by atoms with E-state index in [1.807, 2.05) is 105 Å². The molecule has 0 heterocycles. The summed E-state index contributed by atoms with van der Waals surface area (Å²) >= 11 is -0.426. The monoisotopic (exact) mass is 488 g/mol. The molecule has 3 atom stereocenters. The molecule has 2 aliphatic carbocycles. The van der Waals surface area contributed by atoms with Crippen molar-refractivity contribution < 1.29 is 14.7 Å². The molecule has 160 valence electrons. The molecular formula is C28H24O3Se. The molecule has 4 heteroatoms. The van der Waals surface area contributed by atoms with Gasteiger partial charge in [-0.25, -0.2) is 0 Å². The summed E-state index contributed by atoms with van der Waals surface area (Å²) in [6.45, 7) is 3.84. The molecule has 3 aromatic rings. The van der Waals surface area contributed by atoms with Gasteiger partial charge in [0, 0.05) is 0 Å². The molecule has 1 saturated carbocycles. The van der Waals surface area contributed by atoms with Gasteiger partial charge in [-0.15, -0.1) is 0 Å². The van der Waals surface area contributed by atoms with Crippen LogP contribution in [0.15, 0.2) is 91.0 Å². The Morgan fingerprint density at radius 3 is 1.75 bits per heavy atom. The third-order valence-electron chi connectivity index (χ3n) is 7.17. The third kappa shape index (κ3) is 2.66. The van der Waals surface area contributed by atoms with Gasteiger partial charge in [0.1, 0.15) is 0 Å². The number of hydrogen-bond acceptors (Lipinski definition) is 2. The molecule has 0 spiro atoms. The summed E-state index contributed by atoms with van der Waals surface area (Å²) in [5.74, 6) is -0.843. The van der Waals surface area contributed by atoms with Crippen molar-refractivity contribution in [2.75, 3.05) is 0 Å². The summed E-state index contributed by atoms with van der Waals surface area (Å²) in [5, 5.41) is 10.7. The standard InChI is InChI=1S/C28H24O3Se/c1-26-18-28(25(30)31,32-21-16-10-5-11-17-21)27(2,24(26)29)23(20-14-8-4-9-15-20)22(26)19-12-6-3-7-13-19/h3-17H,18H2,1-2H3,(H,30,31). The molecule has 1 fully saturated rings. The van der Waals surface area contributed by atoms with E-state index < -0.39 is 36.1 Å². The fourth-order valence-corrected chi connectivity index (χ4v) is 9.04. The Bertz CT molecular complexity index is 1240. The zero-order chi connectivity index (χ0) is 22.6. The van der Waals surface area contributed by atoms with Gasteiger partial charge in [-0.1, -0.05) is 0 Å². The molecular weight excluding hydrogens is 463 g/mol. The van der Waals surface area contributed by atoms with Crippen LogP contribution in [-0.4, -0.2) is 31.8 Å². The van der Waals surface area contributed by atoms with Gasteiger partial charge in [0.25, 0.3) is 0 Å². The quantitative estimate of drug-likeness (QED) is 0.523. The summed E-state index contributed by atoms with van der Waals surface area (Å²) in [4.78, 5) is 27.3. The molecule has 1 N–H and O–H groups in total. The Labute approximate surface area is 194 Å². The molecule has 0 amide bonds. The zero-order valence-corrected chi connectivity index (χ0v) is 19.8. The van der Waals surface area contributed by atoms with Crippen LogP contribution in [0.5, 0.6) is 0 Å². The van der Waals surface area contributed by atoms with Crippen LogP contribution in [0.25, 0.3) is 11.1 Å². The molecule has 2 aliphatic rings. The molecule has 0 saturated heterocycles. The van der Waals surface area contributed by atoms with E-state index in [1.165, 1.54) is 0 Å². The summed E-state index contributed by atoms with van der Waals surface area (Å²) in [6, 6.07) is 29.6. The number of ketones is 1. The normalized spacial score (nSPS) is 28.9. The van der Waals surface area contributed by atoms with Crippen LogP contribution < -0.4 is 4.46 Å². The van der Waals surface area contributed by atoms with Crippen molar-refractivity contribution in [1.82, 2.24) is 0 Å². The van der Waals surface area contributed by atoms with E-state index in [0.717, 1.165) is 26.7 Å². The van der Waals surface area contributed by atoms with E-state index in [2.05, 4.69) is 0 Å². The van der Waals surface area contributed by atoms with E-state index >= 15 is 0 Å². The number of allylic oxidation sites excluding steroid dienone is 2. The van der Waals surface area contributed by atoms with Crippen molar-refractivity contribution in [3.05, 3.63) is 102 Å². The van der Waals surface area contributed by atoms with E-state index in [-0.39, 0.29) is 5.78 Å². The number of benzene rings is 3. The number of fused-ring (bicyclic) bond motifs is 2. The van der Waals surface area contributed by atoms with Crippen molar-refractivity contribution >= 4 is 42.3 Å². The number of Topliss-reactive ketones (excluding diaryl/α,β-unsaturated/α-hetero) is 1. The fraction of sp³-hybridized carbons (Fsp3) is 0.214. The predicted octanol–water partition coefficient (Wildman–Crippen LogP) is 4.87. The van der Waals surface area contributed by atoms with Crippen molar-refractivity contribution in [2.24, 2.45) is 10.8 Å². The van der Waals surface area contributed by atoms with E-state index in [9.17, 15) is 14.7 Å². The minimum atomic E-state index is -1.16. The second kappa shape index (κ2) is 7.30. The molecule has 3 nitrogen and oxygen atoms in total. The Kier molecular flexibility index (Phi) is 4.77. The fourth-order valence-electron chi connectivity index (χ4n) is 5.80. The molecule has 5 rings (SSSR count). The summed E-state index contributed by atoms with van der Waals surface area (Å²) in [6.07, 6.45) is 0.320. The second-order valence-corrected chi connectivity index (χ2v) is 11.9. The second-order valence-electron chi connectivity index (χ2n) is 8.99. The predicted molar refractivity (Wildman–Crippen MR) is 128 cm³/mol. The van der Waals surface area contributed by atoms with Crippen molar-refractivity contribution in [1.29, 1.82) is 0 Å². The Morgan fingerprint density at radius 1 is 0.781 bits per heavy atom. The molecule has 0 aromatic heterocycles. The molecule has 32 heavy (non-hydrogen) atoms. The van der Waals surface area contributed by atoms with Gasteiger partial charge in [0.2, 0.25) is 0 Å². The van der Waals surface area contributed by atoms with Crippen molar-refractivity contribution in [3.63, 3.8) is 0 Å². The van der Waals surface area contributed by atoms with Crippen LogP contribution in [0, 0.1) is 10.8 Å². The van der Waals surface area contributed by atoms with Crippen LogP contribution >= 0.6 is 0 Å². The molecule has 0 radical (unpaired) electrons. The van der Waals surface area contributed by atoms with Crippen LogP contribution in [0.4, 0.5) is 0 Å². The zero-order valence-electron chi connectivity index (χ0n) is 18.0. The van der Waals surface area contributed by atoms with Crippen LogP contribution in [0.1, 0.15) is 31.4 Å². The molecule has 2 bridgehead atoms. The average Bonchev–Trinajstić information content (AvgIpc) is 3.10. The number of aliphatic carboxylic acids is 1. The van der Waals surface area contributed by atoms with Gasteiger partial charge >= 0.3 is 195 Å². The summed E-state index contributed by atoms with van der Waals surface area (Å²) in [7, 11) is 0. The third-order valence-corrected chi connectivity index (χ3v) is 10.5. The van der Waals surface area contributed by atoms with Gasteiger partial charge < -0.3 is 0 Å². The molecule has 3 unspecified atom stereocenters. The number of carboxylic acid groups (broad SMARTS) is 1. The first-order valence-corrected chi connectivity index (χ1v) is 12.4. The Balaban J connectivity index is 1.83. The van der Waals surface area contributed by atoms with E-state index in [4.69, 9.17) is 0 Å². The number of carbonyl (C=O) groups is 2. The minimum absolute atomic E-state index is 0.0305. The first-order valence-electron chi connectivity index (χ1n) is 10.7. The maximum atomic E-state index is 14.2. The van der Waals surface area contributed by atoms with E-state index in [1.54, 1.807) is 0 Å². The van der Waals surface area contributed by atoms with Gasteiger partial charge in [0.15, 0.2) is 0 Å². The Hall–Kier alpha value is -2.94. The van der Waals surface area contributed by atoms with E-state index in [0.29, 0.717) is 6.42 Å².